The van der Waals surface area contributed by atoms with Gasteiger partial charge in [0.1, 0.15) is 6.10 Å². The highest BCUT2D eigenvalue weighted by Gasteiger charge is 2.66. The van der Waals surface area contributed by atoms with E-state index in [-0.39, 0.29) is 30.8 Å². The quantitative estimate of drug-likeness (QED) is 0.182. The zero-order valence-corrected chi connectivity index (χ0v) is 22.5. The first kappa shape index (κ1) is 24.0. The summed E-state index contributed by atoms with van der Waals surface area (Å²) in [4.78, 5) is 26.0. The van der Waals surface area contributed by atoms with Crippen LogP contribution in [0.3, 0.4) is 0 Å². The third-order valence-electron chi connectivity index (χ3n) is 12.8. The zero-order chi connectivity index (χ0) is 24.8. The van der Waals surface area contributed by atoms with Gasteiger partial charge in [0.2, 0.25) is 0 Å². The number of esters is 2. The molecule has 0 aromatic rings. The number of carbonyl (C=O) groups excluding carboxylic acids is 2. The van der Waals surface area contributed by atoms with Gasteiger partial charge in [0, 0.05) is 0 Å². The Kier molecular flexibility index (Phi) is 5.80. The molecule has 5 nitrogen and oxygen atoms in total. The molecule has 8 unspecified atom stereocenters. The van der Waals surface area contributed by atoms with Gasteiger partial charge < -0.3 is 14.2 Å². The highest BCUT2D eigenvalue weighted by molar-refractivity contribution is 5.76. The van der Waals surface area contributed by atoms with E-state index < -0.39 is 5.41 Å². The summed E-state index contributed by atoms with van der Waals surface area (Å²) in [6.07, 6.45) is 12.3. The van der Waals surface area contributed by atoms with Crippen LogP contribution in [0.1, 0.15) is 85.0 Å². The molecule has 8 atom stereocenters. The maximum atomic E-state index is 13.2. The lowest BCUT2D eigenvalue weighted by Crippen LogP contribution is -2.46. The van der Waals surface area contributed by atoms with Gasteiger partial charge in [-0.25, -0.2) is 0 Å². The normalized spacial score (nSPS) is 49.5. The van der Waals surface area contributed by atoms with E-state index in [4.69, 9.17) is 14.2 Å². The Balaban J connectivity index is 0.919. The molecule has 0 heterocycles. The average Bonchev–Trinajstić information content (AvgIpc) is 3.61. The van der Waals surface area contributed by atoms with E-state index >= 15 is 0 Å². The summed E-state index contributed by atoms with van der Waals surface area (Å²) in [6, 6.07) is 0. The van der Waals surface area contributed by atoms with Crippen LogP contribution >= 0.6 is 0 Å². The van der Waals surface area contributed by atoms with E-state index in [0.29, 0.717) is 35.5 Å². The minimum Gasteiger partial charge on any atom is -0.462 e. The monoisotopic (exact) mass is 498 g/mol. The number of hydrogen-bond donors (Lipinski definition) is 0. The van der Waals surface area contributed by atoms with Gasteiger partial charge in [-0.05, 0) is 143 Å². The van der Waals surface area contributed by atoms with Gasteiger partial charge in [-0.15, -0.1) is 0 Å². The highest BCUT2D eigenvalue weighted by atomic mass is 16.7. The SMILES string of the molecule is CCC(C)(C)C(=O)OC1CC2CC1C1C3CC(CC3C(=O)OCOCC3C4CC5CC(C4)CC3C5)C21. The van der Waals surface area contributed by atoms with Crippen LogP contribution in [-0.4, -0.2) is 31.4 Å². The summed E-state index contributed by atoms with van der Waals surface area (Å²) in [5, 5.41) is 0. The molecule has 8 saturated carbocycles. The van der Waals surface area contributed by atoms with E-state index in [1.807, 2.05) is 13.8 Å². The maximum absolute atomic E-state index is 13.2. The van der Waals surface area contributed by atoms with Crippen LogP contribution in [0.25, 0.3) is 0 Å². The fourth-order valence-corrected chi connectivity index (χ4v) is 11.1. The number of carbonyl (C=O) groups is 2. The lowest BCUT2D eigenvalue weighted by atomic mass is 9.52. The molecule has 36 heavy (non-hydrogen) atoms. The van der Waals surface area contributed by atoms with Crippen LogP contribution in [0.5, 0.6) is 0 Å². The molecule has 0 aromatic heterocycles. The van der Waals surface area contributed by atoms with E-state index in [1.165, 1.54) is 38.5 Å². The molecule has 8 aliphatic carbocycles. The van der Waals surface area contributed by atoms with Gasteiger partial charge in [0.15, 0.2) is 6.79 Å². The van der Waals surface area contributed by atoms with Crippen LogP contribution < -0.4 is 0 Å². The predicted molar refractivity (Wildman–Crippen MR) is 134 cm³/mol. The van der Waals surface area contributed by atoms with E-state index in [0.717, 1.165) is 61.9 Å². The Bertz CT molecular complexity index is 867. The van der Waals surface area contributed by atoms with Gasteiger partial charge in [-0.3, -0.25) is 9.59 Å². The van der Waals surface area contributed by atoms with Crippen LogP contribution in [0.15, 0.2) is 0 Å². The molecule has 0 saturated heterocycles. The standard InChI is InChI=1S/C31H46O5/c1-4-31(2,3)30(33)36-26-13-21-12-24(26)28-22-10-20(27(21)28)11-23(22)29(32)35-15-34-14-25-18-6-16-5-17(8-18)9-19(25)7-16/h16-28H,4-15H2,1-3H3. The van der Waals surface area contributed by atoms with Crippen molar-refractivity contribution in [3.63, 3.8) is 0 Å². The molecule has 5 heteroatoms. The number of rotatable bonds is 8. The molecule has 8 bridgehead atoms. The van der Waals surface area contributed by atoms with E-state index in [1.54, 1.807) is 0 Å². The van der Waals surface area contributed by atoms with Crippen molar-refractivity contribution in [2.75, 3.05) is 13.4 Å². The van der Waals surface area contributed by atoms with Crippen LogP contribution in [0, 0.1) is 76.4 Å². The largest absolute Gasteiger partial charge is 0.462 e. The van der Waals surface area contributed by atoms with Crippen molar-refractivity contribution in [3.8, 4) is 0 Å². The van der Waals surface area contributed by atoms with Crippen molar-refractivity contribution in [1.82, 2.24) is 0 Å². The average molecular weight is 499 g/mol. The highest BCUT2D eigenvalue weighted by Crippen LogP contribution is 2.69. The van der Waals surface area contributed by atoms with E-state index in [2.05, 4.69) is 6.92 Å². The maximum Gasteiger partial charge on any atom is 0.311 e. The number of ether oxygens (including phenoxy) is 3. The van der Waals surface area contributed by atoms with Crippen molar-refractivity contribution in [2.45, 2.75) is 91.1 Å². The van der Waals surface area contributed by atoms with Crippen molar-refractivity contribution >= 4 is 11.9 Å². The second kappa shape index (κ2) is 8.71. The Morgan fingerprint density at radius 3 is 2.14 bits per heavy atom. The van der Waals surface area contributed by atoms with Crippen molar-refractivity contribution < 1.29 is 23.8 Å². The Labute approximate surface area is 216 Å². The van der Waals surface area contributed by atoms with Crippen molar-refractivity contribution in [2.24, 2.45) is 76.4 Å². The molecular weight excluding hydrogens is 452 g/mol. The molecule has 0 N–H and O–H groups in total. The number of hydrogen-bond acceptors (Lipinski definition) is 5. The minimum atomic E-state index is -0.418. The lowest BCUT2D eigenvalue weighted by molar-refractivity contribution is -0.172. The summed E-state index contributed by atoms with van der Waals surface area (Å²) in [6.45, 7) is 6.92. The summed E-state index contributed by atoms with van der Waals surface area (Å²) < 4.78 is 17.9. The third kappa shape index (κ3) is 3.72. The van der Waals surface area contributed by atoms with Crippen LogP contribution in [0.4, 0.5) is 0 Å². The Hall–Kier alpha value is -1.10. The lowest BCUT2D eigenvalue weighted by Gasteiger charge is -2.54. The van der Waals surface area contributed by atoms with Crippen molar-refractivity contribution in [3.05, 3.63) is 0 Å². The first-order valence-electron chi connectivity index (χ1n) is 15.3. The molecule has 0 amide bonds. The van der Waals surface area contributed by atoms with Gasteiger partial charge in [0.05, 0.1) is 17.9 Å². The summed E-state index contributed by atoms with van der Waals surface area (Å²) >= 11 is 0. The molecule has 0 radical (unpaired) electrons. The molecule has 200 valence electrons. The fraction of sp³-hybridized carbons (Fsp3) is 0.935. The first-order valence-corrected chi connectivity index (χ1v) is 15.3. The summed E-state index contributed by atoms with van der Waals surface area (Å²) in [5.41, 5.74) is -0.418. The molecule has 0 spiro atoms. The van der Waals surface area contributed by atoms with Gasteiger partial charge in [-0.2, -0.15) is 0 Å². The van der Waals surface area contributed by atoms with Gasteiger partial charge >= 0.3 is 11.9 Å². The summed E-state index contributed by atoms with van der Waals surface area (Å²) in [7, 11) is 0. The minimum absolute atomic E-state index is 0.0174. The molecule has 8 rings (SSSR count). The molecule has 0 aromatic carbocycles. The molecule has 8 aliphatic rings. The Morgan fingerprint density at radius 1 is 0.778 bits per heavy atom. The molecule has 0 aliphatic heterocycles. The topological polar surface area (TPSA) is 61.8 Å². The second-order valence-corrected chi connectivity index (χ2v) is 14.8. The van der Waals surface area contributed by atoms with Gasteiger partial charge in [-0.1, -0.05) is 6.92 Å². The smallest absolute Gasteiger partial charge is 0.311 e. The van der Waals surface area contributed by atoms with E-state index in [9.17, 15) is 9.59 Å². The van der Waals surface area contributed by atoms with Crippen LogP contribution in [-0.2, 0) is 23.8 Å². The number of fused-ring (bicyclic) bond motifs is 9. The van der Waals surface area contributed by atoms with Crippen LogP contribution in [0.2, 0.25) is 0 Å². The zero-order valence-electron chi connectivity index (χ0n) is 22.5. The fourth-order valence-electron chi connectivity index (χ4n) is 11.1. The van der Waals surface area contributed by atoms with Crippen molar-refractivity contribution in [1.29, 1.82) is 0 Å². The Morgan fingerprint density at radius 2 is 1.44 bits per heavy atom. The predicted octanol–water partition coefficient (Wildman–Crippen LogP) is 5.85. The molecule has 8 fully saturated rings. The second-order valence-electron chi connectivity index (χ2n) is 14.8. The van der Waals surface area contributed by atoms with Gasteiger partial charge in [0.25, 0.3) is 0 Å². The summed E-state index contributed by atoms with van der Waals surface area (Å²) in [5.74, 6) is 7.75. The first-order chi connectivity index (χ1) is 17.3. The third-order valence-corrected chi connectivity index (χ3v) is 12.8. The molecular formula is C31H46O5.